The van der Waals surface area contributed by atoms with Crippen LogP contribution in [-0.2, 0) is 16.0 Å². The number of alkyl halides is 3. The molecule has 36 heavy (non-hydrogen) atoms. The van der Waals surface area contributed by atoms with Crippen molar-refractivity contribution in [2.75, 3.05) is 11.5 Å². The Bertz CT molecular complexity index is 1380. The molecule has 0 spiro atoms. The van der Waals surface area contributed by atoms with Crippen molar-refractivity contribution in [3.05, 3.63) is 89.0 Å². The third kappa shape index (κ3) is 4.21. The third-order valence-corrected chi connectivity index (χ3v) is 5.96. The first-order valence-corrected chi connectivity index (χ1v) is 10.8. The van der Waals surface area contributed by atoms with Gasteiger partial charge < -0.3 is 19.7 Å². The highest BCUT2D eigenvalue weighted by Crippen LogP contribution is 2.43. The summed E-state index contributed by atoms with van der Waals surface area (Å²) in [5.41, 5.74) is 1.48. The SMILES string of the molecule is O=C1C(=O)N(c2ccc(OC(F)(F)F)cc2)C(c2ccc(O)cc2)/C1=C(/O)c1ccc2c(c1)CCO2. The molecule has 5 rings (SSSR count). The van der Waals surface area contributed by atoms with Crippen molar-refractivity contribution in [3.8, 4) is 17.2 Å². The lowest BCUT2D eigenvalue weighted by atomic mass is 9.94. The highest BCUT2D eigenvalue weighted by Gasteiger charge is 2.47. The van der Waals surface area contributed by atoms with E-state index in [1.807, 2.05) is 0 Å². The molecule has 0 bridgehead atoms. The summed E-state index contributed by atoms with van der Waals surface area (Å²) in [6.07, 6.45) is -4.27. The van der Waals surface area contributed by atoms with Gasteiger partial charge in [-0.25, -0.2) is 0 Å². The second-order valence-corrected chi connectivity index (χ2v) is 8.22. The number of carbonyl (C=O) groups excluding carboxylic acids is 2. The minimum atomic E-state index is -4.89. The van der Waals surface area contributed by atoms with E-state index in [0.717, 1.165) is 22.6 Å². The normalized spacial score (nSPS) is 18.8. The number of hydrogen-bond acceptors (Lipinski definition) is 6. The highest BCUT2D eigenvalue weighted by molar-refractivity contribution is 6.51. The summed E-state index contributed by atoms with van der Waals surface area (Å²) in [5.74, 6) is -2.21. The van der Waals surface area contributed by atoms with Crippen molar-refractivity contribution in [3.63, 3.8) is 0 Å². The van der Waals surface area contributed by atoms with Crippen LogP contribution in [0.15, 0.2) is 72.3 Å². The van der Waals surface area contributed by atoms with Gasteiger partial charge in [-0.15, -0.1) is 13.2 Å². The number of carbonyl (C=O) groups is 2. The van der Waals surface area contributed by atoms with Gasteiger partial charge in [0, 0.05) is 17.7 Å². The number of Topliss-reactive ketones (excluding diaryl/α,β-unsaturated/α-hetero) is 1. The van der Waals surface area contributed by atoms with Crippen LogP contribution in [0.4, 0.5) is 18.9 Å². The molecule has 2 aliphatic rings. The molecule has 0 aromatic heterocycles. The highest BCUT2D eigenvalue weighted by atomic mass is 19.4. The van der Waals surface area contributed by atoms with Crippen LogP contribution in [0.25, 0.3) is 5.76 Å². The molecular weight excluding hydrogens is 479 g/mol. The molecule has 2 N–H and O–H groups in total. The van der Waals surface area contributed by atoms with E-state index in [2.05, 4.69) is 4.74 Å². The van der Waals surface area contributed by atoms with E-state index in [1.165, 1.54) is 36.4 Å². The summed E-state index contributed by atoms with van der Waals surface area (Å²) in [7, 11) is 0. The number of anilines is 1. The van der Waals surface area contributed by atoms with Crippen LogP contribution in [-0.4, -0.2) is 34.9 Å². The lowest BCUT2D eigenvalue weighted by molar-refractivity contribution is -0.274. The Labute approximate surface area is 202 Å². The average molecular weight is 497 g/mol. The summed E-state index contributed by atoms with van der Waals surface area (Å²) in [5, 5.41) is 20.9. The number of rotatable bonds is 4. The molecule has 1 atom stereocenters. The lowest BCUT2D eigenvalue weighted by Crippen LogP contribution is -2.29. The minimum absolute atomic E-state index is 0.0528. The number of fused-ring (bicyclic) bond motifs is 1. The number of phenolic OH excluding ortho intramolecular Hbond substituents is 1. The fourth-order valence-corrected chi connectivity index (χ4v) is 4.37. The molecule has 10 heteroatoms. The second-order valence-electron chi connectivity index (χ2n) is 8.22. The molecule has 0 saturated carbocycles. The first kappa shape index (κ1) is 23.3. The van der Waals surface area contributed by atoms with Crippen molar-refractivity contribution in [1.29, 1.82) is 0 Å². The number of nitrogens with zero attached hydrogens (tertiary/aromatic N) is 1. The molecule has 7 nitrogen and oxygen atoms in total. The van der Waals surface area contributed by atoms with Crippen LogP contribution in [0.5, 0.6) is 17.2 Å². The summed E-state index contributed by atoms with van der Waals surface area (Å²) >= 11 is 0. The Morgan fingerprint density at radius 1 is 1.00 bits per heavy atom. The van der Waals surface area contributed by atoms with Gasteiger partial charge in [-0.1, -0.05) is 12.1 Å². The number of ether oxygens (including phenoxy) is 2. The molecule has 1 fully saturated rings. The second kappa shape index (κ2) is 8.63. The van der Waals surface area contributed by atoms with Crippen molar-refractivity contribution in [1.82, 2.24) is 0 Å². The summed E-state index contributed by atoms with van der Waals surface area (Å²) < 4.78 is 47.1. The van der Waals surface area contributed by atoms with Gasteiger partial charge in [-0.2, -0.15) is 0 Å². The number of benzene rings is 3. The van der Waals surface area contributed by atoms with Crippen LogP contribution in [0.3, 0.4) is 0 Å². The Hall–Kier alpha value is -4.47. The van der Waals surface area contributed by atoms with Gasteiger partial charge in [0.05, 0.1) is 18.2 Å². The molecule has 2 heterocycles. The smallest absolute Gasteiger partial charge is 0.508 e. The van der Waals surface area contributed by atoms with Gasteiger partial charge in [0.25, 0.3) is 11.7 Å². The van der Waals surface area contributed by atoms with Gasteiger partial charge in [0.15, 0.2) is 0 Å². The largest absolute Gasteiger partial charge is 0.573 e. The molecule has 1 saturated heterocycles. The maximum Gasteiger partial charge on any atom is 0.573 e. The zero-order valence-electron chi connectivity index (χ0n) is 18.5. The maximum atomic E-state index is 13.2. The molecule has 1 amide bonds. The standard InChI is InChI=1S/C26H18F3NO6/c27-26(28,29)36-19-8-4-17(5-9-19)30-22(14-1-6-18(31)7-2-14)21(24(33)25(30)34)23(32)16-3-10-20-15(13-16)11-12-35-20/h1-10,13,22,31-32H,11-12H2/b23-21-. The van der Waals surface area contributed by atoms with Crippen molar-refractivity contribution in [2.45, 2.75) is 18.8 Å². The Kier molecular flexibility index (Phi) is 5.58. The Morgan fingerprint density at radius 3 is 2.36 bits per heavy atom. The van der Waals surface area contributed by atoms with E-state index in [1.54, 1.807) is 18.2 Å². The predicted molar refractivity (Wildman–Crippen MR) is 122 cm³/mol. The van der Waals surface area contributed by atoms with Crippen LogP contribution < -0.4 is 14.4 Å². The van der Waals surface area contributed by atoms with Gasteiger partial charge in [-0.05, 0) is 65.7 Å². The van der Waals surface area contributed by atoms with E-state index < -0.39 is 35.6 Å². The number of aliphatic hydroxyl groups excluding tert-OH is 1. The molecule has 3 aromatic rings. The molecular formula is C26H18F3NO6. The number of ketones is 1. The third-order valence-electron chi connectivity index (χ3n) is 5.96. The summed E-state index contributed by atoms with van der Waals surface area (Å²) in [4.78, 5) is 27.4. The molecule has 2 aliphatic heterocycles. The fraction of sp³-hybridized carbons (Fsp3) is 0.154. The monoisotopic (exact) mass is 497 g/mol. The first-order chi connectivity index (χ1) is 17.1. The number of aliphatic hydroxyl groups is 1. The summed E-state index contributed by atoms with van der Waals surface area (Å²) in [6.45, 7) is 0.492. The van der Waals surface area contributed by atoms with Crippen LogP contribution in [0.1, 0.15) is 22.7 Å². The van der Waals surface area contributed by atoms with E-state index in [-0.39, 0.29) is 17.0 Å². The van der Waals surface area contributed by atoms with E-state index in [0.29, 0.717) is 29.9 Å². The molecule has 184 valence electrons. The van der Waals surface area contributed by atoms with Crippen LogP contribution in [0, 0.1) is 0 Å². The number of aromatic hydroxyl groups is 1. The molecule has 3 aromatic carbocycles. The molecule has 0 radical (unpaired) electrons. The van der Waals surface area contributed by atoms with Crippen molar-refractivity contribution >= 4 is 23.1 Å². The van der Waals surface area contributed by atoms with Gasteiger partial charge in [-0.3, -0.25) is 14.5 Å². The topological polar surface area (TPSA) is 96.3 Å². The quantitative estimate of drug-likeness (QED) is 0.304. The number of phenols is 1. The van der Waals surface area contributed by atoms with E-state index in [4.69, 9.17) is 4.74 Å². The van der Waals surface area contributed by atoms with Crippen LogP contribution >= 0.6 is 0 Å². The number of amides is 1. The maximum absolute atomic E-state index is 13.2. The van der Waals surface area contributed by atoms with E-state index in [9.17, 15) is 33.0 Å². The minimum Gasteiger partial charge on any atom is -0.508 e. The van der Waals surface area contributed by atoms with Gasteiger partial charge >= 0.3 is 6.36 Å². The zero-order valence-corrected chi connectivity index (χ0v) is 18.5. The first-order valence-electron chi connectivity index (χ1n) is 10.8. The Morgan fingerprint density at radius 2 is 1.69 bits per heavy atom. The average Bonchev–Trinajstić information content (AvgIpc) is 3.41. The predicted octanol–water partition coefficient (Wildman–Crippen LogP) is 4.85. The van der Waals surface area contributed by atoms with Gasteiger partial charge in [0.2, 0.25) is 0 Å². The van der Waals surface area contributed by atoms with Gasteiger partial charge in [0.1, 0.15) is 23.0 Å². The fourth-order valence-electron chi connectivity index (χ4n) is 4.37. The zero-order chi connectivity index (χ0) is 25.6. The Balaban J connectivity index is 1.62. The number of halogens is 3. The van der Waals surface area contributed by atoms with Crippen LogP contribution in [0.2, 0.25) is 0 Å². The van der Waals surface area contributed by atoms with Crippen molar-refractivity contribution in [2.24, 2.45) is 0 Å². The number of hydrogen-bond donors (Lipinski definition) is 2. The molecule has 0 aliphatic carbocycles. The summed E-state index contributed by atoms with van der Waals surface area (Å²) in [6, 6.07) is 14.0. The van der Waals surface area contributed by atoms with Crippen molar-refractivity contribution < 1.29 is 42.4 Å². The lowest BCUT2D eigenvalue weighted by Gasteiger charge is -2.25. The molecule has 1 unspecified atom stereocenters. The van der Waals surface area contributed by atoms with E-state index >= 15 is 0 Å².